The van der Waals surface area contributed by atoms with Gasteiger partial charge in [-0.25, -0.2) is 4.98 Å². The maximum Gasteiger partial charge on any atom is 0.136 e. The van der Waals surface area contributed by atoms with Gasteiger partial charge in [-0.1, -0.05) is 15.9 Å². The monoisotopic (exact) mass is 307 g/mol. The van der Waals surface area contributed by atoms with Crippen molar-refractivity contribution in [2.24, 2.45) is 5.73 Å². The zero-order chi connectivity index (χ0) is 13.1. The molecular weight excluding hydrogens is 290 g/mol. The lowest BCUT2D eigenvalue weighted by molar-refractivity contribution is 0.685. The molecule has 1 unspecified atom stereocenters. The Kier molecular flexibility index (Phi) is 4.19. The molecule has 0 aliphatic carbocycles. The van der Waals surface area contributed by atoms with Crippen LogP contribution < -0.4 is 10.6 Å². The maximum absolute atomic E-state index is 5.90. The van der Waals surface area contributed by atoms with Crippen LogP contribution in [-0.4, -0.2) is 24.1 Å². The van der Waals surface area contributed by atoms with Gasteiger partial charge in [-0.3, -0.25) is 0 Å². The molecule has 0 amide bonds. The number of rotatable bonds is 4. The Labute approximate surface area is 116 Å². The highest BCUT2D eigenvalue weighted by atomic mass is 79.9. The van der Waals surface area contributed by atoms with Crippen LogP contribution in [0.15, 0.2) is 34.9 Å². The molecule has 18 heavy (non-hydrogen) atoms. The van der Waals surface area contributed by atoms with E-state index >= 15 is 0 Å². The quantitative estimate of drug-likeness (QED) is 0.943. The van der Waals surface area contributed by atoms with E-state index in [0.717, 1.165) is 23.4 Å². The zero-order valence-corrected chi connectivity index (χ0v) is 12.3. The fraction of sp³-hybridized carbons (Fsp3) is 0.357. The summed E-state index contributed by atoms with van der Waals surface area (Å²) >= 11 is 3.50. The first-order valence-corrected chi connectivity index (χ1v) is 6.96. The Morgan fingerprint density at radius 1 is 1.39 bits per heavy atom. The lowest BCUT2D eigenvalue weighted by Crippen LogP contribution is -2.36. The number of nitrogens with two attached hydrogens (primary N) is 1. The molecule has 1 aromatic carbocycles. The molecule has 0 fully saturated rings. The lowest BCUT2D eigenvalue weighted by atomic mass is 10.1. The van der Waals surface area contributed by atoms with Crippen molar-refractivity contribution in [2.45, 2.75) is 19.9 Å². The number of halogens is 1. The number of likely N-dealkylation sites (N-methyl/N-ethyl adjacent to an activating group) is 1. The summed E-state index contributed by atoms with van der Waals surface area (Å²) in [6, 6.07) is 8.43. The van der Waals surface area contributed by atoms with Crippen molar-refractivity contribution in [1.82, 2.24) is 4.98 Å². The fourth-order valence-corrected chi connectivity index (χ4v) is 2.48. The number of aromatic nitrogens is 1. The Hall–Kier alpha value is -1.13. The van der Waals surface area contributed by atoms with E-state index in [2.05, 4.69) is 44.9 Å². The van der Waals surface area contributed by atoms with Crippen LogP contribution >= 0.6 is 15.9 Å². The number of hydrogen-bond acceptors (Lipinski definition) is 3. The average molecular weight is 308 g/mol. The van der Waals surface area contributed by atoms with Crippen LogP contribution in [0.4, 0.5) is 5.82 Å². The van der Waals surface area contributed by atoms with Crippen molar-refractivity contribution in [3.63, 3.8) is 0 Å². The molecule has 0 saturated heterocycles. The Morgan fingerprint density at radius 2 is 2.17 bits per heavy atom. The molecule has 2 N–H and O–H groups in total. The van der Waals surface area contributed by atoms with Crippen molar-refractivity contribution >= 4 is 32.5 Å². The summed E-state index contributed by atoms with van der Waals surface area (Å²) in [5.41, 5.74) is 5.90. The predicted octanol–water partition coefficient (Wildman–Crippen LogP) is 3.17. The van der Waals surface area contributed by atoms with E-state index < -0.39 is 0 Å². The first-order valence-electron chi connectivity index (χ1n) is 6.16. The van der Waals surface area contributed by atoms with E-state index in [1.807, 2.05) is 25.3 Å². The Morgan fingerprint density at radius 3 is 2.83 bits per heavy atom. The maximum atomic E-state index is 5.90. The van der Waals surface area contributed by atoms with Gasteiger partial charge in [-0.05, 0) is 43.5 Å². The Bertz CT molecular complexity index is 540. The third kappa shape index (κ3) is 2.82. The highest BCUT2D eigenvalue weighted by Gasteiger charge is 2.11. The van der Waals surface area contributed by atoms with Gasteiger partial charge in [0.1, 0.15) is 5.82 Å². The number of benzene rings is 1. The molecule has 0 spiro atoms. The fourth-order valence-electron chi connectivity index (χ4n) is 2.10. The molecular formula is C14H18BrN3. The molecule has 0 radical (unpaired) electrons. The van der Waals surface area contributed by atoms with E-state index in [0.29, 0.717) is 0 Å². The van der Waals surface area contributed by atoms with Crippen LogP contribution in [0.5, 0.6) is 0 Å². The first-order chi connectivity index (χ1) is 8.61. The van der Waals surface area contributed by atoms with Gasteiger partial charge in [0.05, 0.1) is 0 Å². The summed E-state index contributed by atoms with van der Waals surface area (Å²) in [5, 5.41) is 2.36. The van der Waals surface area contributed by atoms with Crippen molar-refractivity contribution in [2.75, 3.05) is 18.0 Å². The normalized spacial score (nSPS) is 12.7. The van der Waals surface area contributed by atoms with Crippen molar-refractivity contribution < 1.29 is 0 Å². The molecule has 1 heterocycles. The zero-order valence-electron chi connectivity index (χ0n) is 10.7. The van der Waals surface area contributed by atoms with Crippen LogP contribution in [0.1, 0.15) is 13.8 Å². The molecule has 2 aromatic rings. The van der Waals surface area contributed by atoms with E-state index in [1.54, 1.807) is 0 Å². The first kappa shape index (κ1) is 13.3. The third-order valence-corrected chi connectivity index (χ3v) is 3.39. The standard InChI is InChI=1S/C14H18BrN3/c1-3-18(9-10(2)16)14-13-5-4-12(15)8-11(13)6-7-17-14/h4-8,10H,3,9,16H2,1-2H3. The van der Waals surface area contributed by atoms with Crippen LogP contribution in [0.25, 0.3) is 10.8 Å². The van der Waals surface area contributed by atoms with Crippen LogP contribution in [0, 0.1) is 0 Å². The number of anilines is 1. The summed E-state index contributed by atoms with van der Waals surface area (Å²) in [6.45, 7) is 5.87. The molecule has 1 aromatic heterocycles. The van der Waals surface area contributed by atoms with Gasteiger partial charge in [0.2, 0.25) is 0 Å². The highest BCUT2D eigenvalue weighted by molar-refractivity contribution is 9.10. The smallest absolute Gasteiger partial charge is 0.136 e. The summed E-state index contributed by atoms with van der Waals surface area (Å²) in [4.78, 5) is 6.74. The minimum Gasteiger partial charge on any atom is -0.355 e. The topological polar surface area (TPSA) is 42.1 Å². The van der Waals surface area contributed by atoms with E-state index in [-0.39, 0.29) is 6.04 Å². The van der Waals surface area contributed by atoms with Crippen molar-refractivity contribution in [3.05, 3.63) is 34.9 Å². The average Bonchev–Trinajstić information content (AvgIpc) is 2.34. The van der Waals surface area contributed by atoms with Gasteiger partial charge < -0.3 is 10.6 Å². The summed E-state index contributed by atoms with van der Waals surface area (Å²) < 4.78 is 1.09. The van der Waals surface area contributed by atoms with Crippen LogP contribution in [0.2, 0.25) is 0 Å². The second-order valence-electron chi connectivity index (χ2n) is 4.52. The Balaban J connectivity index is 2.49. The van der Waals surface area contributed by atoms with Gasteiger partial charge in [-0.2, -0.15) is 0 Å². The van der Waals surface area contributed by atoms with E-state index in [9.17, 15) is 0 Å². The number of hydrogen-bond donors (Lipinski definition) is 1. The molecule has 0 aliphatic heterocycles. The summed E-state index contributed by atoms with van der Waals surface area (Å²) in [5.74, 6) is 1.01. The minimum atomic E-state index is 0.137. The van der Waals surface area contributed by atoms with Crippen LogP contribution in [-0.2, 0) is 0 Å². The van der Waals surface area contributed by atoms with Gasteiger partial charge in [0, 0.05) is 35.2 Å². The number of fused-ring (bicyclic) bond motifs is 1. The second-order valence-corrected chi connectivity index (χ2v) is 5.43. The minimum absolute atomic E-state index is 0.137. The molecule has 2 rings (SSSR count). The largest absolute Gasteiger partial charge is 0.355 e. The van der Waals surface area contributed by atoms with Gasteiger partial charge >= 0.3 is 0 Å². The van der Waals surface area contributed by atoms with Crippen LogP contribution in [0.3, 0.4) is 0 Å². The van der Waals surface area contributed by atoms with Gasteiger partial charge in [0.15, 0.2) is 0 Å². The predicted molar refractivity (Wildman–Crippen MR) is 81.0 cm³/mol. The van der Waals surface area contributed by atoms with Crippen molar-refractivity contribution in [1.29, 1.82) is 0 Å². The van der Waals surface area contributed by atoms with Gasteiger partial charge in [-0.15, -0.1) is 0 Å². The number of nitrogens with zero attached hydrogens (tertiary/aromatic N) is 2. The summed E-state index contributed by atoms with van der Waals surface area (Å²) in [7, 11) is 0. The van der Waals surface area contributed by atoms with E-state index in [4.69, 9.17) is 5.73 Å². The molecule has 3 nitrogen and oxygen atoms in total. The third-order valence-electron chi connectivity index (χ3n) is 2.90. The lowest BCUT2D eigenvalue weighted by Gasteiger charge is -2.25. The summed E-state index contributed by atoms with van der Waals surface area (Å²) in [6.07, 6.45) is 1.86. The molecule has 4 heteroatoms. The molecule has 0 aliphatic rings. The number of pyridine rings is 1. The molecule has 0 bridgehead atoms. The van der Waals surface area contributed by atoms with E-state index in [1.165, 1.54) is 10.8 Å². The molecule has 1 atom stereocenters. The molecule has 96 valence electrons. The van der Waals surface area contributed by atoms with Crippen molar-refractivity contribution in [3.8, 4) is 0 Å². The SMILES string of the molecule is CCN(CC(C)N)c1nccc2cc(Br)ccc12. The van der Waals surface area contributed by atoms with Gasteiger partial charge in [0.25, 0.3) is 0 Å². The molecule has 0 saturated carbocycles. The highest BCUT2D eigenvalue weighted by Crippen LogP contribution is 2.26. The second kappa shape index (κ2) is 5.67.